The van der Waals surface area contributed by atoms with Crippen LogP contribution in [-0.4, -0.2) is 52.4 Å². The van der Waals surface area contributed by atoms with Crippen LogP contribution in [0.25, 0.3) is 10.9 Å². The SMILES string of the molecule is O=c1[nH]c2cc(O)ccc2c(=O)n1CCCCN1CCC(C2(c3ccc(F)cc3)OCCO2)CC1. The first-order valence-electron chi connectivity index (χ1n) is 12.2. The molecule has 0 amide bonds. The van der Waals surface area contributed by atoms with Crippen LogP contribution in [0, 0.1) is 11.7 Å². The number of aromatic hydroxyl groups is 1. The molecule has 2 aliphatic heterocycles. The molecule has 5 rings (SSSR count). The Labute approximate surface area is 201 Å². The molecule has 9 heteroatoms. The maximum absolute atomic E-state index is 13.4. The fourth-order valence-electron chi connectivity index (χ4n) is 5.34. The Morgan fingerprint density at radius 1 is 1.00 bits per heavy atom. The highest BCUT2D eigenvalue weighted by Crippen LogP contribution is 2.43. The van der Waals surface area contributed by atoms with Crippen LogP contribution in [0.15, 0.2) is 52.1 Å². The van der Waals surface area contributed by atoms with Gasteiger partial charge < -0.3 is 24.5 Å². The number of fused-ring (bicyclic) bond motifs is 1. The molecule has 2 N–H and O–H groups in total. The van der Waals surface area contributed by atoms with Gasteiger partial charge in [0, 0.05) is 24.1 Å². The number of phenols is 1. The first kappa shape index (κ1) is 23.7. The first-order valence-corrected chi connectivity index (χ1v) is 12.2. The maximum Gasteiger partial charge on any atom is 0.328 e. The second-order valence-corrected chi connectivity index (χ2v) is 9.31. The number of nitrogens with one attached hydrogen (secondary N) is 1. The van der Waals surface area contributed by atoms with Gasteiger partial charge in [-0.05, 0) is 69.6 Å². The minimum Gasteiger partial charge on any atom is -0.508 e. The van der Waals surface area contributed by atoms with Crippen molar-refractivity contribution >= 4 is 10.9 Å². The Morgan fingerprint density at radius 2 is 1.69 bits per heavy atom. The lowest BCUT2D eigenvalue weighted by Crippen LogP contribution is -2.44. The van der Waals surface area contributed by atoms with Gasteiger partial charge in [-0.3, -0.25) is 9.36 Å². The molecular weight excluding hydrogens is 453 g/mol. The topological polar surface area (TPSA) is 96.8 Å². The van der Waals surface area contributed by atoms with Gasteiger partial charge in [0.05, 0.1) is 24.1 Å². The lowest BCUT2D eigenvalue weighted by Gasteiger charge is -2.41. The normalized spacial score (nSPS) is 18.9. The van der Waals surface area contributed by atoms with Crippen LogP contribution in [0.1, 0.15) is 31.2 Å². The number of hydrogen-bond donors (Lipinski definition) is 2. The summed E-state index contributed by atoms with van der Waals surface area (Å²) >= 11 is 0. The summed E-state index contributed by atoms with van der Waals surface area (Å²) in [5.74, 6) is -0.872. The Morgan fingerprint density at radius 3 is 2.40 bits per heavy atom. The molecule has 0 atom stereocenters. The molecule has 35 heavy (non-hydrogen) atoms. The summed E-state index contributed by atoms with van der Waals surface area (Å²) in [6.45, 7) is 4.10. The van der Waals surface area contributed by atoms with E-state index in [1.165, 1.54) is 34.9 Å². The molecule has 0 bridgehead atoms. The van der Waals surface area contributed by atoms with Crippen LogP contribution in [0.3, 0.4) is 0 Å². The fraction of sp³-hybridized carbons (Fsp3) is 0.462. The third-order valence-corrected chi connectivity index (χ3v) is 7.16. The Bertz CT molecular complexity index is 1290. The Balaban J connectivity index is 1.15. The minimum atomic E-state index is -0.797. The molecule has 2 fully saturated rings. The number of benzene rings is 2. The summed E-state index contributed by atoms with van der Waals surface area (Å²) in [5, 5.41) is 9.96. The van der Waals surface area contributed by atoms with Gasteiger partial charge in [0.2, 0.25) is 0 Å². The molecule has 1 aromatic heterocycles. The second-order valence-electron chi connectivity index (χ2n) is 9.31. The molecule has 2 saturated heterocycles. The number of rotatable bonds is 7. The molecule has 3 aromatic rings. The van der Waals surface area contributed by atoms with Crippen LogP contribution in [0.4, 0.5) is 4.39 Å². The van der Waals surface area contributed by atoms with Crippen molar-refractivity contribution in [3.63, 3.8) is 0 Å². The van der Waals surface area contributed by atoms with Gasteiger partial charge in [0.1, 0.15) is 11.6 Å². The van der Waals surface area contributed by atoms with Crippen molar-refractivity contribution in [2.24, 2.45) is 5.92 Å². The number of likely N-dealkylation sites (tertiary alicyclic amines) is 1. The minimum absolute atomic E-state index is 0.00344. The average Bonchev–Trinajstić information content (AvgIpc) is 3.35. The Hall–Kier alpha value is -3.01. The predicted octanol–water partition coefficient (Wildman–Crippen LogP) is 2.93. The molecule has 0 aliphatic carbocycles. The smallest absolute Gasteiger partial charge is 0.328 e. The van der Waals surface area contributed by atoms with Gasteiger partial charge in [-0.15, -0.1) is 0 Å². The highest BCUT2D eigenvalue weighted by atomic mass is 19.1. The van der Waals surface area contributed by atoms with Crippen LogP contribution >= 0.6 is 0 Å². The van der Waals surface area contributed by atoms with Crippen LogP contribution in [-0.2, 0) is 21.8 Å². The lowest BCUT2D eigenvalue weighted by atomic mass is 9.84. The van der Waals surface area contributed by atoms with Gasteiger partial charge in [0.15, 0.2) is 5.79 Å². The van der Waals surface area contributed by atoms with Gasteiger partial charge in [-0.25, -0.2) is 9.18 Å². The van der Waals surface area contributed by atoms with Gasteiger partial charge in [0.25, 0.3) is 5.56 Å². The first-order chi connectivity index (χ1) is 17.0. The number of ether oxygens (including phenoxy) is 2. The molecule has 186 valence electrons. The molecular formula is C26H30FN3O5. The molecule has 0 unspecified atom stereocenters. The van der Waals surface area contributed by atoms with E-state index in [0.717, 1.165) is 44.5 Å². The molecule has 0 radical (unpaired) electrons. The summed E-state index contributed by atoms with van der Waals surface area (Å²) in [6.07, 6.45) is 3.39. The van der Waals surface area contributed by atoms with Crippen molar-refractivity contribution in [1.82, 2.24) is 14.5 Å². The molecule has 2 aliphatic rings. The third kappa shape index (κ3) is 4.76. The van der Waals surface area contributed by atoms with Crippen LogP contribution in [0.5, 0.6) is 5.75 Å². The number of H-pyrrole nitrogens is 1. The zero-order valence-corrected chi connectivity index (χ0v) is 19.5. The van der Waals surface area contributed by atoms with Crippen LogP contribution < -0.4 is 11.2 Å². The highest BCUT2D eigenvalue weighted by Gasteiger charge is 2.46. The predicted molar refractivity (Wildman–Crippen MR) is 129 cm³/mol. The average molecular weight is 484 g/mol. The number of piperidine rings is 1. The number of unbranched alkanes of at least 4 members (excludes halogenated alkanes) is 1. The second kappa shape index (κ2) is 9.93. The third-order valence-electron chi connectivity index (χ3n) is 7.16. The number of halogens is 1. The zero-order valence-electron chi connectivity index (χ0n) is 19.5. The number of hydrogen-bond acceptors (Lipinski definition) is 6. The van der Waals surface area contributed by atoms with Crippen LogP contribution in [0.2, 0.25) is 0 Å². The molecule has 0 spiro atoms. The van der Waals surface area contributed by atoms with E-state index in [0.29, 0.717) is 37.1 Å². The summed E-state index contributed by atoms with van der Waals surface area (Å²) in [5.41, 5.74) is 0.410. The van der Waals surface area contributed by atoms with Crippen molar-refractivity contribution in [3.05, 3.63) is 74.7 Å². The maximum atomic E-state index is 13.4. The van der Waals surface area contributed by atoms with Crippen molar-refractivity contribution < 1.29 is 19.0 Å². The van der Waals surface area contributed by atoms with E-state index >= 15 is 0 Å². The van der Waals surface area contributed by atoms with Crippen molar-refractivity contribution in [1.29, 1.82) is 0 Å². The highest BCUT2D eigenvalue weighted by molar-refractivity contribution is 5.78. The number of phenolic OH excluding ortho intramolecular Hbond substituents is 1. The summed E-state index contributed by atoms with van der Waals surface area (Å²) < 4.78 is 26.9. The largest absolute Gasteiger partial charge is 0.508 e. The molecule has 0 saturated carbocycles. The van der Waals surface area contributed by atoms with E-state index < -0.39 is 11.5 Å². The van der Waals surface area contributed by atoms with Crippen molar-refractivity contribution in [2.45, 2.75) is 38.0 Å². The van der Waals surface area contributed by atoms with Gasteiger partial charge in [-0.2, -0.15) is 0 Å². The van der Waals surface area contributed by atoms with Crippen molar-refractivity contribution in [3.8, 4) is 5.75 Å². The quantitative estimate of drug-likeness (QED) is 0.502. The summed E-state index contributed by atoms with van der Waals surface area (Å²) in [7, 11) is 0. The monoisotopic (exact) mass is 483 g/mol. The van der Waals surface area contributed by atoms with Gasteiger partial charge >= 0.3 is 5.69 Å². The number of aromatic nitrogens is 2. The standard InChI is InChI=1S/C26H30FN3O5/c27-20-5-3-18(4-6-20)26(34-15-16-35-26)19-9-13-29(14-10-19)11-1-2-12-30-24(32)22-8-7-21(31)17-23(22)28-25(30)33/h3-8,17,19,31H,1-2,9-16H2,(H,28,33). The van der Waals surface area contributed by atoms with E-state index in [-0.39, 0.29) is 23.0 Å². The Kier molecular flexibility index (Phi) is 6.73. The lowest BCUT2D eigenvalue weighted by molar-refractivity contribution is -0.214. The van der Waals surface area contributed by atoms with E-state index in [9.17, 15) is 19.1 Å². The number of aromatic amines is 1. The summed E-state index contributed by atoms with van der Waals surface area (Å²) in [6, 6.07) is 10.8. The van der Waals surface area contributed by atoms with E-state index in [2.05, 4.69) is 9.88 Å². The van der Waals surface area contributed by atoms with Gasteiger partial charge in [-0.1, -0.05) is 12.1 Å². The van der Waals surface area contributed by atoms with E-state index in [1.807, 2.05) is 0 Å². The van der Waals surface area contributed by atoms with E-state index in [1.54, 1.807) is 12.1 Å². The molecule has 8 nitrogen and oxygen atoms in total. The number of nitrogens with zero attached hydrogens (tertiary/aromatic N) is 2. The van der Waals surface area contributed by atoms with Crippen molar-refractivity contribution in [2.75, 3.05) is 32.8 Å². The zero-order chi connectivity index (χ0) is 24.4. The summed E-state index contributed by atoms with van der Waals surface area (Å²) in [4.78, 5) is 30.1. The fourth-order valence-corrected chi connectivity index (χ4v) is 5.34. The van der Waals surface area contributed by atoms with E-state index in [4.69, 9.17) is 9.47 Å². The molecule has 3 heterocycles. The molecule has 2 aromatic carbocycles.